The van der Waals surface area contributed by atoms with E-state index in [1.165, 1.54) is 55.2 Å². The molecule has 4 aliphatic carbocycles. The minimum absolute atomic E-state index is 0.113. The van der Waals surface area contributed by atoms with Crippen molar-refractivity contribution in [2.75, 3.05) is 0 Å². The van der Waals surface area contributed by atoms with Gasteiger partial charge in [-0.25, -0.2) is 0 Å². The Morgan fingerprint density at radius 3 is 2.16 bits per heavy atom. The van der Waals surface area contributed by atoms with Gasteiger partial charge >= 0.3 is 0 Å². The maximum absolute atomic E-state index is 10.3. The van der Waals surface area contributed by atoms with Crippen LogP contribution < -0.4 is 0 Å². The molecule has 37 heavy (non-hydrogen) atoms. The van der Waals surface area contributed by atoms with E-state index in [1.807, 2.05) is 0 Å². The lowest BCUT2D eigenvalue weighted by atomic mass is 9.47. The first-order valence-electron chi connectivity index (χ1n) is 14.8. The molecular weight excluding hydrogens is 448 g/mol. The smallest absolute Gasteiger partial charge is 0.0577 e. The van der Waals surface area contributed by atoms with E-state index in [2.05, 4.69) is 99.7 Å². The molecule has 4 aliphatic rings. The van der Waals surface area contributed by atoms with Crippen LogP contribution in [0.3, 0.4) is 0 Å². The van der Waals surface area contributed by atoms with E-state index >= 15 is 0 Å². The number of rotatable bonds is 4. The van der Waals surface area contributed by atoms with Gasteiger partial charge in [0.05, 0.1) is 6.10 Å². The summed E-state index contributed by atoms with van der Waals surface area (Å²) in [7, 11) is 0. The quantitative estimate of drug-likeness (QED) is 0.333. The van der Waals surface area contributed by atoms with Crippen LogP contribution in [0.5, 0.6) is 0 Å². The third-order valence-corrected chi connectivity index (χ3v) is 11.3. The summed E-state index contributed by atoms with van der Waals surface area (Å²) in [6.07, 6.45) is 17.0. The number of benzene rings is 2. The fourth-order valence-corrected chi connectivity index (χ4v) is 9.32. The predicted octanol–water partition coefficient (Wildman–Crippen LogP) is 9.00. The Hall–Kier alpha value is -2.38. The van der Waals surface area contributed by atoms with Crippen molar-refractivity contribution >= 4 is 5.57 Å². The zero-order valence-electron chi connectivity index (χ0n) is 23.0. The maximum atomic E-state index is 10.3. The summed E-state index contributed by atoms with van der Waals surface area (Å²) in [6, 6.07) is 21.7. The van der Waals surface area contributed by atoms with Gasteiger partial charge in [0.1, 0.15) is 0 Å². The van der Waals surface area contributed by atoms with Gasteiger partial charge < -0.3 is 5.11 Å². The Morgan fingerprint density at radius 1 is 0.811 bits per heavy atom. The van der Waals surface area contributed by atoms with Crippen LogP contribution in [0.15, 0.2) is 90.0 Å². The predicted molar refractivity (Wildman–Crippen MR) is 155 cm³/mol. The molecule has 7 atom stereocenters. The molecule has 1 heteroatoms. The van der Waals surface area contributed by atoms with Gasteiger partial charge in [-0.1, -0.05) is 104 Å². The van der Waals surface area contributed by atoms with Crippen LogP contribution in [0.25, 0.3) is 5.57 Å². The number of hydrogen-bond acceptors (Lipinski definition) is 1. The third-order valence-electron chi connectivity index (χ3n) is 11.3. The molecule has 5 unspecified atom stereocenters. The summed E-state index contributed by atoms with van der Waals surface area (Å²) >= 11 is 0. The second kappa shape index (κ2) is 9.73. The minimum atomic E-state index is -0.113. The molecule has 0 aliphatic heterocycles. The van der Waals surface area contributed by atoms with E-state index in [4.69, 9.17) is 0 Å². The van der Waals surface area contributed by atoms with Crippen LogP contribution in [-0.2, 0) is 0 Å². The molecule has 2 aromatic rings. The van der Waals surface area contributed by atoms with E-state index in [9.17, 15) is 5.11 Å². The van der Waals surface area contributed by atoms with Gasteiger partial charge in [0.15, 0.2) is 0 Å². The standard InChI is InChI=1S/C36H44O/c1-25(14-16-30(26-10-6-4-7-11-26)27-12-8-5-9-13-27)32-18-19-33-31-17-15-28-24-29(37)20-22-35(28,2)34(31)21-23-36(32,33)3/h4-16,29,31-34,37H,17-24H2,1-3H3/b25-14-/t29?,31?,32?,33?,34?,35-,36+/m0/s1. The van der Waals surface area contributed by atoms with Crippen LogP contribution >= 0.6 is 0 Å². The summed E-state index contributed by atoms with van der Waals surface area (Å²) < 4.78 is 0. The molecule has 0 saturated heterocycles. The van der Waals surface area contributed by atoms with E-state index in [0.717, 1.165) is 30.6 Å². The lowest BCUT2D eigenvalue weighted by molar-refractivity contribution is -0.0454. The molecule has 0 bridgehead atoms. The number of fused-ring (bicyclic) bond motifs is 5. The van der Waals surface area contributed by atoms with Crippen LogP contribution in [0.1, 0.15) is 83.3 Å². The molecule has 1 N–H and O–H groups in total. The van der Waals surface area contributed by atoms with Gasteiger partial charge in [0, 0.05) is 0 Å². The molecule has 0 spiro atoms. The highest BCUT2D eigenvalue weighted by molar-refractivity contribution is 5.80. The molecule has 6 rings (SSSR count). The van der Waals surface area contributed by atoms with Gasteiger partial charge in [0.2, 0.25) is 0 Å². The van der Waals surface area contributed by atoms with Crippen molar-refractivity contribution < 1.29 is 5.11 Å². The molecular formula is C36H44O. The topological polar surface area (TPSA) is 20.2 Å². The largest absolute Gasteiger partial charge is 0.393 e. The fraction of sp³-hybridized carbons (Fsp3) is 0.500. The lowest BCUT2D eigenvalue weighted by Gasteiger charge is -2.58. The van der Waals surface area contributed by atoms with Crippen molar-refractivity contribution in [1.82, 2.24) is 0 Å². The van der Waals surface area contributed by atoms with Crippen molar-refractivity contribution in [3.8, 4) is 0 Å². The van der Waals surface area contributed by atoms with Crippen molar-refractivity contribution in [2.45, 2.75) is 78.2 Å². The van der Waals surface area contributed by atoms with Crippen molar-refractivity contribution in [3.05, 3.63) is 101 Å². The molecule has 2 aromatic carbocycles. The molecule has 0 heterocycles. The molecule has 0 radical (unpaired) electrons. The van der Waals surface area contributed by atoms with Crippen LogP contribution in [0.2, 0.25) is 0 Å². The zero-order chi connectivity index (χ0) is 25.6. The molecule has 0 aromatic heterocycles. The maximum Gasteiger partial charge on any atom is 0.0577 e. The third kappa shape index (κ3) is 4.28. The monoisotopic (exact) mass is 492 g/mol. The van der Waals surface area contributed by atoms with Crippen molar-refractivity contribution in [3.63, 3.8) is 0 Å². The summed E-state index contributed by atoms with van der Waals surface area (Å²) in [5.41, 5.74) is 7.75. The van der Waals surface area contributed by atoms with Gasteiger partial charge in [-0.2, -0.15) is 0 Å². The van der Waals surface area contributed by atoms with Crippen LogP contribution in [-0.4, -0.2) is 11.2 Å². The van der Waals surface area contributed by atoms with Crippen LogP contribution in [0, 0.1) is 34.5 Å². The minimum Gasteiger partial charge on any atom is -0.393 e. The molecule has 3 fully saturated rings. The number of aliphatic hydroxyl groups is 1. The lowest BCUT2D eigenvalue weighted by Crippen LogP contribution is -2.50. The van der Waals surface area contributed by atoms with Gasteiger partial charge in [-0.05, 0) is 109 Å². The number of hydrogen-bond donors (Lipinski definition) is 1. The molecule has 3 saturated carbocycles. The Labute approximate surface area is 224 Å². The van der Waals surface area contributed by atoms with Crippen molar-refractivity contribution in [2.24, 2.45) is 34.5 Å². The highest BCUT2D eigenvalue weighted by Gasteiger charge is 2.58. The SMILES string of the molecule is C/C(=C/C=C(c1ccccc1)c1ccccc1)C1CCC2C3CC=C4CC(O)CC[C@]4(C)C3CC[C@]12C. The Bertz CT molecular complexity index is 1160. The van der Waals surface area contributed by atoms with Gasteiger partial charge in [-0.3, -0.25) is 0 Å². The first kappa shape index (κ1) is 24.9. The average Bonchev–Trinajstić information content (AvgIpc) is 3.28. The van der Waals surface area contributed by atoms with Crippen molar-refractivity contribution in [1.29, 1.82) is 0 Å². The Balaban J connectivity index is 1.28. The summed E-state index contributed by atoms with van der Waals surface area (Å²) in [6.45, 7) is 7.58. The number of allylic oxidation sites excluding steroid dienone is 4. The summed E-state index contributed by atoms with van der Waals surface area (Å²) in [4.78, 5) is 0. The average molecular weight is 493 g/mol. The number of aliphatic hydroxyl groups excluding tert-OH is 1. The second-order valence-electron chi connectivity index (χ2n) is 13.1. The second-order valence-corrected chi connectivity index (χ2v) is 13.1. The molecule has 1 nitrogen and oxygen atoms in total. The van der Waals surface area contributed by atoms with E-state index in [0.29, 0.717) is 16.7 Å². The Morgan fingerprint density at radius 2 is 1.49 bits per heavy atom. The first-order chi connectivity index (χ1) is 17.9. The first-order valence-corrected chi connectivity index (χ1v) is 14.8. The normalized spacial score (nSPS) is 37.1. The fourth-order valence-electron chi connectivity index (χ4n) is 9.32. The highest BCUT2D eigenvalue weighted by Crippen LogP contribution is 2.67. The summed E-state index contributed by atoms with van der Waals surface area (Å²) in [5, 5.41) is 10.3. The van der Waals surface area contributed by atoms with E-state index in [1.54, 1.807) is 11.1 Å². The van der Waals surface area contributed by atoms with E-state index < -0.39 is 0 Å². The highest BCUT2D eigenvalue weighted by atomic mass is 16.3. The van der Waals surface area contributed by atoms with Crippen LogP contribution in [0.4, 0.5) is 0 Å². The Kier molecular flexibility index (Phi) is 6.56. The molecule has 194 valence electrons. The van der Waals surface area contributed by atoms with Gasteiger partial charge in [-0.15, -0.1) is 0 Å². The summed E-state index contributed by atoms with van der Waals surface area (Å²) in [5.74, 6) is 3.13. The zero-order valence-corrected chi connectivity index (χ0v) is 23.0. The molecule has 0 amide bonds. The van der Waals surface area contributed by atoms with E-state index in [-0.39, 0.29) is 6.10 Å². The van der Waals surface area contributed by atoms with Gasteiger partial charge in [0.25, 0.3) is 0 Å².